The van der Waals surface area contributed by atoms with Crippen LogP contribution in [0.5, 0.6) is 23.0 Å². The van der Waals surface area contributed by atoms with Crippen LogP contribution in [0.2, 0.25) is 0 Å². The summed E-state index contributed by atoms with van der Waals surface area (Å²) in [4.78, 5) is 12.9. The van der Waals surface area contributed by atoms with Crippen molar-refractivity contribution in [2.75, 3.05) is 6.61 Å². The number of carbonyl (C=O) groups excluding carboxylic acids is 1. The van der Waals surface area contributed by atoms with Crippen LogP contribution >= 0.6 is 0 Å². The van der Waals surface area contributed by atoms with Gasteiger partial charge in [0.2, 0.25) is 6.29 Å². The summed E-state index contributed by atoms with van der Waals surface area (Å²) >= 11 is 0. The van der Waals surface area contributed by atoms with Crippen LogP contribution in [0.4, 0.5) is 0 Å². The molecule has 1 fully saturated rings. The lowest BCUT2D eigenvalue weighted by molar-refractivity contribution is -0.277. The third-order valence-electron chi connectivity index (χ3n) is 5.36. The van der Waals surface area contributed by atoms with Crippen molar-refractivity contribution < 1.29 is 49.6 Å². The summed E-state index contributed by atoms with van der Waals surface area (Å²) < 4.78 is 16.8. The van der Waals surface area contributed by atoms with Crippen LogP contribution in [0.3, 0.4) is 0 Å². The Morgan fingerprint density at radius 2 is 1.68 bits per heavy atom. The minimum atomic E-state index is -1.66. The maximum atomic E-state index is 12.9. The summed E-state index contributed by atoms with van der Waals surface area (Å²) in [7, 11) is 0. The van der Waals surface area contributed by atoms with Gasteiger partial charge in [-0.1, -0.05) is 12.1 Å². The maximum absolute atomic E-state index is 12.9. The molecule has 2 heterocycles. The highest BCUT2D eigenvalue weighted by Crippen LogP contribution is 2.45. The molecule has 2 aromatic carbocycles. The molecule has 2 aromatic rings. The molecule has 0 amide bonds. The first kappa shape index (κ1) is 21.3. The molecule has 0 aromatic heterocycles. The van der Waals surface area contributed by atoms with Crippen LogP contribution in [0.25, 0.3) is 0 Å². The lowest BCUT2D eigenvalue weighted by Crippen LogP contribution is -2.60. The average Bonchev–Trinajstić information content (AvgIpc) is 2.76. The number of phenols is 2. The molecule has 6 N–H and O–H groups in total. The van der Waals surface area contributed by atoms with Gasteiger partial charge in [-0.25, -0.2) is 0 Å². The molecule has 0 radical (unpaired) electrons. The lowest BCUT2D eigenvalue weighted by atomic mass is 9.95. The smallest absolute Gasteiger partial charge is 0.229 e. The minimum absolute atomic E-state index is 0.0596. The van der Waals surface area contributed by atoms with Crippen molar-refractivity contribution in [1.29, 1.82) is 0 Å². The molecule has 2 aliphatic rings. The van der Waals surface area contributed by atoms with Crippen molar-refractivity contribution in [3.63, 3.8) is 0 Å². The normalized spacial score (nSPS) is 30.4. The Bertz CT molecular complexity index is 957. The third-order valence-corrected chi connectivity index (χ3v) is 5.36. The summed E-state index contributed by atoms with van der Waals surface area (Å²) in [6, 6.07) is 8.64. The first-order valence-corrected chi connectivity index (χ1v) is 9.62. The van der Waals surface area contributed by atoms with E-state index in [1.165, 1.54) is 24.3 Å². The number of ketones is 1. The number of benzene rings is 2. The summed E-state index contributed by atoms with van der Waals surface area (Å²) in [5, 5.41) is 59.1. The van der Waals surface area contributed by atoms with Gasteiger partial charge in [0.1, 0.15) is 47.6 Å². The summed E-state index contributed by atoms with van der Waals surface area (Å²) in [6.45, 7) is -0.630. The molecular formula is C21H22O10. The van der Waals surface area contributed by atoms with Gasteiger partial charge >= 0.3 is 0 Å². The van der Waals surface area contributed by atoms with Crippen LogP contribution in [-0.4, -0.2) is 73.7 Å². The molecule has 10 nitrogen and oxygen atoms in total. The Balaban J connectivity index is 1.63. The van der Waals surface area contributed by atoms with Crippen molar-refractivity contribution in [2.45, 2.75) is 43.2 Å². The largest absolute Gasteiger partial charge is 0.508 e. The van der Waals surface area contributed by atoms with E-state index in [1.807, 2.05) is 0 Å². The lowest BCUT2D eigenvalue weighted by Gasteiger charge is -2.40. The second-order valence-corrected chi connectivity index (χ2v) is 7.43. The Morgan fingerprint density at radius 3 is 2.35 bits per heavy atom. The van der Waals surface area contributed by atoms with Gasteiger partial charge in [-0.05, 0) is 29.8 Å². The molecule has 10 heteroatoms. The molecule has 2 aliphatic heterocycles. The number of hydrogen-bond donors (Lipinski definition) is 6. The maximum Gasteiger partial charge on any atom is 0.229 e. The fourth-order valence-electron chi connectivity index (χ4n) is 3.65. The van der Waals surface area contributed by atoms with E-state index in [4.69, 9.17) is 14.2 Å². The van der Waals surface area contributed by atoms with E-state index in [-0.39, 0.29) is 35.0 Å². The number of ether oxygens (including phenoxy) is 3. The highest BCUT2D eigenvalue weighted by atomic mass is 16.7. The molecule has 0 spiro atoms. The van der Waals surface area contributed by atoms with Crippen molar-refractivity contribution in [3.8, 4) is 23.0 Å². The number of fused-ring (bicyclic) bond motifs is 1. The standard InChI is InChI=1S/C21H22O10/c22-8-15-17(26)18(27)19(28)21(31-15)30-13-6-5-11(24)20-16(13)12(25)7-14(29-20)9-1-3-10(23)4-2-9/h1-6,14-15,17-19,21-24,26-28H,7-8H2/t14-,15+,17+,18-,19+,21+/m0/s1. The number of aromatic hydroxyl groups is 2. The highest BCUT2D eigenvalue weighted by Gasteiger charge is 2.45. The number of aliphatic hydroxyl groups is 4. The van der Waals surface area contributed by atoms with Crippen LogP contribution in [0.1, 0.15) is 28.4 Å². The Kier molecular flexibility index (Phi) is 5.73. The molecule has 31 heavy (non-hydrogen) atoms. The third kappa shape index (κ3) is 3.91. The molecule has 0 bridgehead atoms. The number of phenolic OH excluding ortho intramolecular Hbond substituents is 2. The minimum Gasteiger partial charge on any atom is -0.508 e. The SMILES string of the molecule is O=C1C[C@@H](c2ccc(O)cc2)Oc2c(O)ccc(O[C@@H]3O[C@H](CO)[C@@H](O)[C@H](O)[C@H]3O)c21. The van der Waals surface area contributed by atoms with E-state index in [0.717, 1.165) is 0 Å². The second kappa shape index (κ2) is 8.33. The van der Waals surface area contributed by atoms with Crippen molar-refractivity contribution >= 4 is 5.78 Å². The Hall–Kier alpha value is -2.89. The Morgan fingerprint density at radius 1 is 0.968 bits per heavy atom. The Labute approximate surface area is 176 Å². The zero-order valence-electron chi connectivity index (χ0n) is 16.2. The van der Waals surface area contributed by atoms with Gasteiger partial charge in [0.15, 0.2) is 17.3 Å². The van der Waals surface area contributed by atoms with Crippen LogP contribution in [0, 0.1) is 0 Å². The van der Waals surface area contributed by atoms with Gasteiger partial charge in [0.05, 0.1) is 13.0 Å². The average molecular weight is 434 g/mol. The monoisotopic (exact) mass is 434 g/mol. The van der Waals surface area contributed by atoms with Gasteiger partial charge < -0.3 is 44.8 Å². The number of hydrogen-bond acceptors (Lipinski definition) is 10. The fourth-order valence-corrected chi connectivity index (χ4v) is 3.65. The number of aliphatic hydroxyl groups excluding tert-OH is 4. The molecular weight excluding hydrogens is 412 g/mol. The van der Waals surface area contributed by atoms with E-state index < -0.39 is 49.2 Å². The highest BCUT2D eigenvalue weighted by molar-refractivity contribution is 6.03. The van der Waals surface area contributed by atoms with E-state index in [2.05, 4.69) is 0 Å². The topological polar surface area (TPSA) is 166 Å². The zero-order valence-corrected chi connectivity index (χ0v) is 16.2. The van der Waals surface area contributed by atoms with Gasteiger partial charge in [0.25, 0.3) is 0 Å². The summed E-state index contributed by atoms with van der Waals surface area (Å²) in [5.74, 6) is -0.824. The molecule has 0 unspecified atom stereocenters. The quantitative estimate of drug-likeness (QED) is 0.385. The van der Waals surface area contributed by atoms with Crippen LogP contribution < -0.4 is 9.47 Å². The van der Waals surface area contributed by atoms with Crippen molar-refractivity contribution in [2.24, 2.45) is 0 Å². The zero-order chi connectivity index (χ0) is 22.3. The first-order chi connectivity index (χ1) is 14.8. The van der Waals surface area contributed by atoms with Gasteiger partial charge in [-0.15, -0.1) is 0 Å². The molecule has 6 atom stereocenters. The van der Waals surface area contributed by atoms with Crippen LogP contribution in [0.15, 0.2) is 36.4 Å². The van der Waals surface area contributed by atoms with E-state index >= 15 is 0 Å². The first-order valence-electron chi connectivity index (χ1n) is 9.62. The van der Waals surface area contributed by atoms with Gasteiger partial charge in [-0.2, -0.15) is 0 Å². The molecule has 0 aliphatic carbocycles. The predicted molar refractivity (Wildman–Crippen MR) is 103 cm³/mol. The van der Waals surface area contributed by atoms with Crippen LogP contribution in [-0.2, 0) is 4.74 Å². The van der Waals surface area contributed by atoms with E-state index in [9.17, 15) is 35.4 Å². The molecule has 0 saturated carbocycles. The predicted octanol–water partition coefficient (Wildman–Crippen LogP) is -0.0170. The number of carbonyl (C=O) groups is 1. The van der Waals surface area contributed by atoms with E-state index in [1.54, 1.807) is 12.1 Å². The van der Waals surface area contributed by atoms with Crippen molar-refractivity contribution in [1.82, 2.24) is 0 Å². The number of Topliss-reactive ketones (excluding diaryl/α,β-unsaturated/α-hetero) is 1. The second-order valence-electron chi connectivity index (χ2n) is 7.43. The summed E-state index contributed by atoms with van der Waals surface area (Å²) in [6.07, 6.45) is -8.30. The van der Waals surface area contributed by atoms with Crippen molar-refractivity contribution in [3.05, 3.63) is 47.5 Å². The number of rotatable bonds is 4. The van der Waals surface area contributed by atoms with Gasteiger partial charge in [0, 0.05) is 0 Å². The summed E-state index contributed by atoms with van der Waals surface area (Å²) in [5.41, 5.74) is 0.559. The fraction of sp³-hybridized carbons (Fsp3) is 0.381. The molecule has 1 saturated heterocycles. The molecule has 166 valence electrons. The molecule has 4 rings (SSSR count). The van der Waals surface area contributed by atoms with E-state index in [0.29, 0.717) is 5.56 Å². The van der Waals surface area contributed by atoms with Gasteiger partial charge in [-0.3, -0.25) is 4.79 Å².